The molecule has 1 heterocycles. The number of hydrogen-bond donors (Lipinski definition) is 4. The van der Waals surface area contributed by atoms with Gasteiger partial charge in [0.15, 0.2) is 5.60 Å². The number of aromatic hydroxyl groups is 3. The predicted octanol–water partition coefficient (Wildman–Crippen LogP) is 9.03. The molecule has 4 N–H and O–H groups in total. The summed E-state index contributed by atoms with van der Waals surface area (Å²) in [5.41, 5.74) is 2.18. The largest absolute Gasteiger partial charge is 0.508 e. The minimum Gasteiger partial charge on any atom is -0.508 e. The van der Waals surface area contributed by atoms with Crippen LogP contribution < -0.4 is 0 Å². The minimum absolute atomic E-state index is 0.0894. The Morgan fingerprint density at radius 2 is 0.979 bits per heavy atom. The van der Waals surface area contributed by atoms with Crippen LogP contribution in [0.4, 0.5) is 0 Å². The maximum absolute atomic E-state index is 12.4. The lowest BCUT2D eigenvalue weighted by atomic mass is 9.80. The Labute approximate surface area is 279 Å². The van der Waals surface area contributed by atoms with Crippen molar-refractivity contribution in [3.05, 3.63) is 125 Å². The van der Waals surface area contributed by atoms with Crippen LogP contribution in [0.15, 0.2) is 97.1 Å². The molecule has 8 nitrogen and oxygen atoms in total. The van der Waals surface area contributed by atoms with E-state index >= 15 is 0 Å². The third kappa shape index (κ3) is 12.3. The van der Waals surface area contributed by atoms with Crippen molar-refractivity contribution in [2.24, 2.45) is 0 Å². The van der Waals surface area contributed by atoms with Crippen LogP contribution in [0.1, 0.15) is 101 Å². The summed E-state index contributed by atoms with van der Waals surface area (Å²) in [7, 11) is 0. The van der Waals surface area contributed by atoms with Gasteiger partial charge in [0.05, 0.1) is 5.56 Å². The molecule has 0 fully saturated rings. The van der Waals surface area contributed by atoms with E-state index < -0.39 is 23.3 Å². The minimum atomic E-state index is -1.44. The average Bonchev–Trinajstić information content (AvgIpc) is 3.38. The molecule has 4 aromatic carbocycles. The number of Topliss-reactive ketones (excluding diaryl/α,β-unsaturated/α-hetero) is 1. The highest BCUT2D eigenvalue weighted by Gasteiger charge is 2.48. The lowest BCUT2D eigenvalue weighted by Crippen LogP contribution is -2.29. The molecule has 0 saturated carbocycles. The number of carboxylic acids is 1. The molecule has 47 heavy (non-hydrogen) atoms. The number of fused-ring (bicyclic) bond motifs is 1. The van der Waals surface area contributed by atoms with Crippen LogP contribution in [0.3, 0.4) is 0 Å². The zero-order valence-corrected chi connectivity index (χ0v) is 28.8. The van der Waals surface area contributed by atoms with Gasteiger partial charge in [0, 0.05) is 23.1 Å². The normalized spacial score (nSPS) is 11.3. The van der Waals surface area contributed by atoms with E-state index in [0.29, 0.717) is 11.1 Å². The molecule has 8 heteroatoms. The Morgan fingerprint density at radius 1 is 0.617 bits per heavy atom. The highest BCUT2D eigenvalue weighted by molar-refractivity contribution is 6.33. The lowest BCUT2D eigenvalue weighted by molar-refractivity contribution is -0.148. The number of benzene rings is 4. The highest BCUT2D eigenvalue weighted by Crippen LogP contribution is 2.47. The maximum Gasteiger partial charge on any atom is 0.372 e. The van der Waals surface area contributed by atoms with Crippen LogP contribution in [-0.2, 0) is 26.3 Å². The van der Waals surface area contributed by atoms with Crippen LogP contribution >= 0.6 is 0 Å². The number of carbonyl (C=O) groups excluding carboxylic acids is 2. The number of rotatable bonds is 5. The summed E-state index contributed by atoms with van der Waals surface area (Å²) in [6.45, 7) is 16.5. The number of ketones is 1. The average molecular weight is 647 g/mol. The molecule has 0 radical (unpaired) electrons. The molecule has 0 aromatic heterocycles. The Morgan fingerprint density at radius 3 is 1.36 bits per heavy atom. The third-order valence-electron chi connectivity index (χ3n) is 5.86. The van der Waals surface area contributed by atoms with Crippen molar-refractivity contribution in [3.8, 4) is 17.2 Å². The lowest BCUT2D eigenvalue weighted by Gasteiger charge is -2.30. The van der Waals surface area contributed by atoms with Crippen molar-refractivity contribution in [3.63, 3.8) is 0 Å². The first-order valence-electron chi connectivity index (χ1n) is 16.0. The van der Waals surface area contributed by atoms with Crippen molar-refractivity contribution < 1.29 is 39.5 Å². The van der Waals surface area contributed by atoms with E-state index in [9.17, 15) is 24.6 Å². The van der Waals surface area contributed by atoms with Crippen LogP contribution in [0.2, 0.25) is 0 Å². The van der Waals surface area contributed by atoms with Crippen molar-refractivity contribution in [2.45, 2.75) is 80.3 Å². The Bertz CT molecular complexity index is 1430. The molecular weight excluding hydrogens is 596 g/mol. The Balaban J connectivity index is 0.000000778. The second-order valence-corrected chi connectivity index (χ2v) is 9.70. The summed E-state index contributed by atoms with van der Waals surface area (Å²) in [6.07, 6.45) is 2.36. The summed E-state index contributed by atoms with van der Waals surface area (Å²) in [6, 6.07) is 26.3. The van der Waals surface area contributed by atoms with Crippen LogP contribution in [0, 0.1) is 0 Å². The monoisotopic (exact) mass is 646 g/mol. The number of cyclic esters (lactones) is 1. The number of carboxylic acid groups (broad SMARTS) is 1. The number of hydrogen-bond acceptors (Lipinski definition) is 7. The number of carbonyl (C=O) groups is 3. The SMILES string of the molecule is CC.CC.CCC.CCC.O=C(O)C(=O)Cc1ccc(O)cc1.O=C1OC(c2ccc(O)cc2)(c2ccc(O)cc2)c2ccccc21. The van der Waals surface area contributed by atoms with Crippen molar-refractivity contribution in [1.82, 2.24) is 0 Å². The summed E-state index contributed by atoms with van der Waals surface area (Å²) < 4.78 is 5.87. The fourth-order valence-corrected chi connectivity index (χ4v) is 4.08. The van der Waals surface area contributed by atoms with Gasteiger partial charge in [0.25, 0.3) is 0 Å². The summed E-state index contributed by atoms with van der Waals surface area (Å²) in [4.78, 5) is 33.3. The third-order valence-corrected chi connectivity index (χ3v) is 5.86. The van der Waals surface area contributed by atoms with E-state index in [4.69, 9.17) is 14.9 Å². The van der Waals surface area contributed by atoms with Crippen molar-refractivity contribution >= 4 is 17.7 Å². The predicted molar refractivity (Wildman–Crippen MR) is 187 cm³/mol. The molecule has 5 rings (SSSR count). The first-order chi connectivity index (χ1) is 22.5. The zero-order chi connectivity index (χ0) is 36.0. The zero-order valence-electron chi connectivity index (χ0n) is 28.8. The van der Waals surface area contributed by atoms with E-state index in [1.807, 2.05) is 39.8 Å². The molecule has 0 saturated heterocycles. The van der Waals surface area contributed by atoms with Crippen LogP contribution in [0.25, 0.3) is 0 Å². The number of aliphatic carboxylic acids is 1. The second kappa shape index (κ2) is 22.4. The highest BCUT2D eigenvalue weighted by atomic mass is 16.6. The first kappa shape index (κ1) is 41.9. The van der Waals surface area contributed by atoms with Crippen LogP contribution in [-0.4, -0.2) is 38.1 Å². The molecular formula is C39H50O8. The quantitative estimate of drug-likeness (QED) is 0.124. The van der Waals surface area contributed by atoms with E-state index in [2.05, 4.69) is 27.7 Å². The van der Waals surface area contributed by atoms with Gasteiger partial charge in [-0.15, -0.1) is 0 Å². The van der Waals surface area contributed by atoms with E-state index in [1.165, 1.54) is 37.1 Å². The van der Waals surface area contributed by atoms with Gasteiger partial charge < -0.3 is 25.2 Å². The number of ether oxygens (including phenoxy) is 1. The topological polar surface area (TPSA) is 141 Å². The van der Waals surface area contributed by atoms with Gasteiger partial charge in [-0.1, -0.05) is 123 Å². The molecule has 0 aliphatic carbocycles. The number of phenolic OH excluding ortho intramolecular Hbond substituents is 3. The molecule has 0 unspecified atom stereocenters. The molecule has 1 aliphatic rings. The summed E-state index contributed by atoms with van der Waals surface area (Å²) in [5, 5.41) is 36.4. The Kier molecular flexibility index (Phi) is 20.0. The standard InChI is InChI=1S/C20H14O4.C9H8O4.2C3H8.2C2H6/c21-15-9-5-13(6-10-15)20(14-7-11-16(22)12-8-14)18-4-2-1-3-17(18)19(23)24-20;10-7-3-1-6(2-4-7)5-8(11)9(12)13;2*1-3-2;2*1-2/h1-12,21-22H;1-4,10H,5H2,(H,12,13);2*3H2,1-2H3;2*1-2H3. The van der Waals surface area contributed by atoms with Crippen LogP contribution in [0.5, 0.6) is 17.2 Å². The number of phenols is 3. The van der Waals surface area contributed by atoms with Gasteiger partial charge in [0.1, 0.15) is 17.2 Å². The molecule has 4 aromatic rings. The molecule has 0 amide bonds. The van der Waals surface area contributed by atoms with E-state index in [0.717, 1.165) is 16.7 Å². The summed E-state index contributed by atoms with van der Waals surface area (Å²) >= 11 is 0. The smallest absolute Gasteiger partial charge is 0.372 e. The fourth-order valence-electron chi connectivity index (χ4n) is 4.08. The van der Waals surface area contributed by atoms with Gasteiger partial charge in [-0.25, -0.2) is 9.59 Å². The van der Waals surface area contributed by atoms with Gasteiger partial charge in [-0.05, 0) is 48.0 Å². The van der Waals surface area contributed by atoms with Gasteiger partial charge >= 0.3 is 11.9 Å². The maximum atomic E-state index is 12.4. The van der Waals surface area contributed by atoms with Crippen molar-refractivity contribution in [1.29, 1.82) is 0 Å². The van der Waals surface area contributed by atoms with Gasteiger partial charge in [-0.2, -0.15) is 0 Å². The molecule has 254 valence electrons. The van der Waals surface area contributed by atoms with E-state index in [1.54, 1.807) is 60.7 Å². The fraction of sp³-hybridized carbons (Fsp3) is 0.308. The number of esters is 1. The first-order valence-corrected chi connectivity index (χ1v) is 16.0. The molecule has 0 atom stereocenters. The molecule has 1 aliphatic heterocycles. The molecule has 0 bridgehead atoms. The van der Waals surface area contributed by atoms with E-state index in [-0.39, 0.29) is 23.7 Å². The van der Waals surface area contributed by atoms with Gasteiger partial charge in [0.2, 0.25) is 5.78 Å². The second-order valence-electron chi connectivity index (χ2n) is 9.70. The Hall–Kier alpha value is -5.11. The van der Waals surface area contributed by atoms with Crippen molar-refractivity contribution in [2.75, 3.05) is 0 Å². The summed E-state index contributed by atoms with van der Waals surface area (Å²) in [5.74, 6) is -2.33. The molecule has 0 spiro atoms. The van der Waals surface area contributed by atoms with Gasteiger partial charge in [-0.3, -0.25) is 4.79 Å².